The van der Waals surface area contributed by atoms with Crippen molar-refractivity contribution in [2.75, 3.05) is 17.7 Å². The summed E-state index contributed by atoms with van der Waals surface area (Å²) in [5.74, 6) is 1.21. The van der Waals surface area contributed by atoms with Gasteiger partial charge in [0.05, 0.1) is 12.3 Å². The molecular weight excluding hydrogens is 438 g/mol. The van der Waals surface area contributed by atoms with Crippen LogP contribution < -0.4 is 15.4 Å². The zero-order valence-electron chi connectivity index (χ0n) is 19.3. The number of aryl methyl sites for hydroxylation is 3. The van der Waals surface area contributed by atoms with Gasteiger partial charge in [0.25, 0.3) is 5.91 Å². The van der Waals surface area contributed by atoms with E-state index in [1.807, 2.05) is 74.7 Å². The van der Waals surface area contributed by atoms with Crippen LogP contribution >= 0.6 is 11.8 Å². The van der Waals surface area contributed by atoms with E-state index in [1.54, 1.807) is 0 Å². The number of carbonyl (C=O) groups excluding carboxylic acids is 2. The number of anilines is 1. The Bertz CT molecular complexity index is 1110. The van der Waals surface area contributed by atoms with Crippen LogP contribution in [0.1, 0.15) is 29.4 Å². The van der Waals surface area contributed by atoms with E-state index < -0.39 is 0 Å². The maximum Gasteiger partial charge on any atom is 0.258 e. The summed E-state index contributed by atoms with van der Waals surface area (Å²) < 4.78 is 7.58. The summed E-state index contributed by atoms with van der Waals surface area (Å²) in [6, 6.07) is 13.5. The standard InChI is InChI=1S/C24H29N5O3S/c1-5-29-20(13-25-21(30)14-32-23-17(3)9-7-10-18(23)4)27-28-24(29)33-15-22(31)26-19-11-6-8-16(2)12-19/h6-12H,5,13-15H2,1-4H3,(H,25,30)(H,26,31). The minimum absolute atomic E-state index is 0.0767. The van der Waals surface area contributed by atoms with Gasteiger partial charge in [0.1, 0.15) is 5.75 Å². The first-order valence-corrected chi connectivity index (χ1v) is 11.7. The van der Waals surface area contributed by atoms with E-state index in [-0.39, 0.29) is 30.7 Å². The highest BCUT2D eigenvalue weighted by Gasteiger charge is 2.15. The molecule has 0 aliphatic heterocycles. The van der Waals surface area contributed by atoms with Crippen LogP contribution in [0.15, 0.2) is 47.6 Å². The molecule has 2 aromatic carbocycles. The Morgan fingerprint density at radius 2 is 1.76 bits per heavy atom. The highest BCUT2D eigenvalue weighted by Crippen LogP contribution is 2.22. The Morgan fingerprint density at radius 3 is 2.45 bits per heavy atom. The van der Waals surface area contributed by atoms with Gasteiger partial charge < -0.3 is 19.9 Å². The number of ether oxygens (including phenoxy) is 1. The summed E-state index contributed by atoms with van der Waals surface area (Å²) >= 11 is 1.31. The molecule has 2 amide bonds. The summed E-state index contributed by atoms with van der Waals surface area (Å²) in [6.07, 6.45) is 0. The van der Waals surface area contributed by atoms with E-state index in [4.69, 9.17) is 4.74 Å². The Kier molecular flexibility index (Phi) is 8.48. The van der Waals surface area contributed by atoms with E-state index in [1.165, 1.54) is 11.8 Å². The van der Waals surface area contributed by atoms with Crippen LogP contribution in [0.3, 0.4) is 0 Å². The lowest BCUT2D eigenvalue weighted by atomic mass is 10.1. The van der Waals surface area contributed by atoms with Gasteiger partial charge in [-0.15, -0.1) is 10.2 Å². The Hall–Kier alpha value is -3.33. The van der Waals surface area contributed by atoms with Crippen LogP contribution in [0.2, 0.25) is 0 Å². The topological polar surface area (TPSA) is 98.1 Å². The quantitative estimate of drug-likeness (QED) is 0.442. The van der Waals surface area contributed by atoms with Crippen molar-refractivity contribution < 1.29 is 14.3 Å². The van der Waals surface area contributed by atoms with E-state index >= 15 is 0 Å². The zero-order valence-corrected chi connectivity index (χ0v) is 20.2. The minimum atomic E-state index is -0.241. The van der Waals surface area contributed by atoms with Gasteiger partial charge in [-0.3, -0.25) is 9.59 Å². The largest absolute Gasteiger partial charge is 0.483 e. The number of carbonyl (C=O) groups is 2. The number of hydrogen-bond acceptors (Lipinski definition) is 6. The fourth-order valence-corrected chi connectivity index (χ4v) is 4.14. The number of para-hydroxylation sites is 1. The van der Waals surface area contributed by atoms with Gasteiger partial charge in [0.2, 0.25) is 5.91 Å². The number of hydrogen-bond donors (Lipinski definition) is 2. The number of rotatable bonds is 10. The molecule has 0 fully saturated rings. The number of thioether (sulfide) groups is 1. The lowest BCUT2D eigenvalue weighted by Crippen LogP contribution is -2.29. The second kappa shape index (κ2) is 11.5. The highest BCUT2D eigenvalue weighted by atomic mass is 32.2. The van der Waals surface area contributed by atoms with Crippen LogP contribution in [0.25, 0.3) is 0 Å². The summed E-state index contributed by atoms with van der Waals surface area (Å²) in [4.78, 5) is 24.6. The van der Waals surface area contributed by atoms with Crippen molar-refractivity contribution in [3.8, 4) is 5.75 Å². The van der Waals surface area contributed by atoms with Gasteiger partial charge >= 0.3 is 0 Å². The third-order valence-corrected chi connectivity index (χ3v) is 5.91. The molecule has 1 heterocycles. The first kappa shape index (κ1) is 24.3. The van der Waals surface area contributed by atoms with Crippen LogP contribution in [-0.4, -0.2) is 38.9 Å². The van der Waals surface area contributed by atoms with Crippen molar-refractivity contribution in [3.63, 3.8) is 0 Å². The molecule has 3 rings (SSSR count). The van der Waals surface area contributed by atoms with Gasteiger partial charge in [-0.2, -0.15) is 0 Å². The van der Waals surface area contributed by atoms with Crippen molar-refractivity contribution in [1.82, 2.24) is 20.1 Å². The molecule has 3 aromatic rings. The number of aromatic nitrogens is 3. The first-order chi connectivity index (χ1) is 15.9. The molecule has 2 N–H and O–H groups in total. The first-order valence-electron chi connectivity index (χ1n) is 10.7. The van der Waals surface area contributed by atoms with Crippen LogP contribution in [-0.2, 0) is 22.7 Å². The van der Waals surface area contributed by atoms with Crippen molar-refractivity contribution in [1.29, 1.82) is 0 Å². The monoisotopic (exact) mass is 467 g/mol. The molecule has 0 atom stereocenters. The molecule has 0 spiro atoms. The molecule has 33 heavy (non-hydrogen) atoms. The SMILES string of the molecule is CCn1c(CNC(=O)COc2c(C)cccc2C)nnc1SCC(=O)Nc1cccc(C)c1. The normalized spacial score (nSPS) is 10.7. The van der Waals surface area contributed by atoms with Crippen LogP contribution in [0, 0.1) is 20.8 Å². The molecule has 1 aromatic heterocycles. The highest BCUT2D eigenvalue weighted by molar-refractivity contribution is 7.99. The zero-order chi connectivity index (χ0) is 23.8. The number of nitrogens with zero attached hydrogens (tertiary/aromatic N) is 3. The third kappa shape index (κ3) is 6.82. The lowest BCUT2D eigenvalue weighted by Gasteiger charge is -2.12. The van der Waals surface area contributed by atoms with Gasteiger partial charge in [-0.1, -0.05) is 42.1 Å². The van der Waals surface area contributed by atoms with Crippen molar-refractivity contribution in [2.24, 2.45) is 0 Å². The van der Waals surface area contributed by atoms with E-state index in [2.05, 4.69) is 20.8 Å². The van der Waals surface area contributed by atoms with E-state index in [0.717, 1.165) is 28.1 Å². The molecule has 0 saturated heterocycles. The van der Waals surface area contributed by atoms with Gasteiger partial charge in [0, 0.05) is 12.2 Å². The molecule has 0 saturated carbocycles. The maximum atomic E-state index is 12.3. The fraction of sp³-hybridized carbons (Fsp3) is 0.333. The molecular formula is C24H29N5O3S. The van der Waals surface area contributed by atoms with Crippen LogP contribution in [0.4, 0.5) is 5.69 Å². The second-order valence-electron chi connectivity index (χ2n) is 7.64. The van der Waals surface area contributed by atoms with E-state index in [0.29, 0.717) is 17.5 Å². The lowest BCUT2D eigenvalue weighted by molar-refractivity contribution is -0.123. The third-order valence-electron chi connectivity index (χ3n) is 4.94. The summed E-state index contributed by atoms with van der Waals surface area (Å²) in [5.41, 5.74) is 3.82. The summed E-state index contributed by atoms with van der Waals surface area (Å²) in [5, 5.41) is 14.7. The Morgan fingerprint density at radius 1 is 1.03 bits per heavy atom. The van der Waals surface area contributed by atoms with Gasteiger partial charge in [0.15, 0.2) is 17.6 Å². The minimum Gasteiger partial charge on any atom is -0.483 e. The average molecular weight is 468 g/mol. The Balaban J connectivity index is 1.50. The van der Waals surface area contributed by atoms with Gasteiger partial charge in [-0.05, 0) is 56.5 Å². The average Bonchev–Trinajstić information content (AvgIpc) is 3.17. The number of amides is 2. The summed E-state index contributed by atoms with van der Waals surface area (Å²) in [6.45, 7) is 8.62. The summed E-state index contributed by atoms with van der Waals surface area (Å²) in [7, 11) is 0. The number of nitrogens with one attached hydrogen (secondary N) is 2. The smallest absolute Gasteiger partial charge is 0.258 e. The van der Waals surface area contributed by atoms with Gasteiger partial charge in [-0.25, -0.2) is 0 Å². The molecule has 0 aliphatic rings. The molecule has 0 bridgehead atoms. The van der Waals surface area contributed by atoms with Crippen molar-refractivity contribution in [2.45, 2.75) is 45.9 Å². The molecule has 0 unspecified atom stereocenters. The maximum absolute atomic E-state index is 12.3. The molecule has 174 valence electrons. The molecule has 8 nitrogen and oxygen atoms in total. The number of benzene rings is 2. The molecule has 0 radical (unpaired) electrons. The predicted octanol–water partition coefficient (Wildman–Crippen LogP) is 3.65. The van der Waals surface area contributed by atoms with Crippen molar-refractivity contribution in [3.05, 3.63) is 65.0 Å². The van der Waals surface area contributed by atoms with Crippen LogP contribution in [0.5, 0.6) is 5.75 Å². The Labute approximate surface area is 198 Å². The fourth-order valence-electron chi connectivity index (χ4n) is 3.32. The van der Waals surface area contributed by atoms with Crippen molar-refractivity contribution >= 4 is 29.3 Å². The predicted molar refractivity (Wildman–Crippen MR) is 129 cm³/mol. The molecule has 0 aliphatic carbocycles. The molecule has 9 heteroatoms. The second-order valence-corrected chi connectivity index (χ2v) is 8.58. The van der Waals surface area contributed by atoms with E-state index in [9.17, 15) is 9.59 Å².